The molecule has 2 heterocycles. The maximum absolute atomic E-state index is 5.85. The standard InChI is InChI=1S/C14H14N2OS/c1-4-18-14-16-11-7-15-10-6-8(2)5-9(3)12(10)13(11)17-14/h5-7H,4H2,1-3H3. The van der Waals surface area contributed by atoms with Crippen molar-refractivity contribution in [3.05, 3.63) is 29.5 Å². The molecule has 3 aromatic rings. The fourth-order valence-corrected chi connectivity index (χ4v) is 2.79. The molecule has 0 unspecified atom stereocenters. The predicted molar refractivity (Wildman–Crippen MR) is 75.2 cm³/mol. The van der Waals surface area contributed by atoms with Crippen molar-refractivity contribution in [1.82, 2.24) is 9.97 Å². The van der Waals surface area contributed by atoms with Gasteiger partial charge in [0.25, 0.3) is 5.22 Å². The summed E-state index contributed by atoms with van der Waals surface area (Å²) in [6, 6.07) is 4.23. The van der Waals surface area contributed by atoms with Gasteiger partial charge in [0.2, 0.25) is 0 Å². The van der Waals surface area contributed by atoms with Gasteiger partial charge in [0.05, 0.1) is 11.7 Å². The molecule has 0 aliphatic carbocycles. The third-order valence-corrected chi connectivity index (χ3v) is 3.62. The summed E-state index contributed by atoms with van der Waals surface area (Å²) in [6.07, 6.45) is 1.79. The van der Waals surface area contributed by atoms with Gasteiger partial charge in [0, 0.05) is 5.39 Å². The van der Waals surface area contributed by atoms with Crippen molar-refractivity contribution < 1.29 is 4.42 Å². The normalized spacial score (nSPS) is 11.5. The van der Waals surface area contributed by atoms with Crippen molar-refractivity contribution in [2.24, 2.45) is 0 Å². The Kier molecular flexibility index (Phi) is 2.74. The molecule has 4 heteroatoms. The van der Waals surface area contributed by atoms with E-state index < -0.39 is 0 Å². The average molecular weight is 258 g/mol. The first kappa shape index (κ1) is 11.5. The lowest BCUT2D eigenvalue weighted by Crippen LogP contribution is -1.85. The Bertz CT molecular complexity index is 733. The van der Waals surface area contributed by atoms with Crippen LogP contribution in [0.5, 0.6) is 0 Å². The minimum atomic E-state index is 0.724. The molecule has 0 amide bonds. The molecule has 18 heavy (non-hydrogen) atoms. The Hall–Kier alpha value is -1.55. The number of hydrogen-bond donors (Lipinski definition) is 0. The first-order chi connectivity index (χ1) is 8.69. The Morgan fingerprint density at radius 2 is 2.06 bits per heavy atom. The zero-order chi connectivity index (χ0) is 12.7. The lowest BCUT2D eigenvalue weighted by Gasteiger charge is -2.03. The molecule has 0 spiro atoms. The summed E-state index contributed by atoms with van der Waals surface area (Å²) in [7, 11) is 0. The third kappa shape index (κ3) is 1.77. The van der Waals surface area contributed by atoms with Crippen LogP contribution in [0.15, 0.2) is 28.0 Å². The molecule has 0 saturated heterocycles. The maximum Gasteiger partial charge on any atom is 0.256 e. The van der Waals surface area contributed by atoms with E-state index in [0.717, 1.165) is 33.0 Å². The van der Waals surface area contributed by atoms with Crippen LogP contribution in [0, 0.1) is 13.8 Å². The Morgan fingerprint density at radius 1 is 1.22 bits per heavy atom. The van der Waals surface area contributed by atoms with Gasteiger partial charge in [-0.25, -0.2) is 4.98 Å². The van der Waals surface area contributed by atoms with Gasteiger partial charge in [-0.2, -0.15) is 0 Å². The monoisotopic (exact) mass is 258 g/mol. The molecule has 0 radical (unpaired) electrons. The number of nitrogens with zero attached hydrogens (tertiary/aromatic N) is 2. The molecule has 0 bridgehead atoms. The quantitative estimate of drug-likeness (QED) is 0.648. The molecule has 92 valence electrons. The van der Waals surface area contributed by atoms with Crippen molar-refractivity contribution in [3.63, 3.8) is 0 Å². The maximum atomic E-state index is 5.85. The number of oxazole rings is 1. The minimum Gasteiger partial charge on any atom is -0.431 e. The largest absolute Gasteiger partial charge is 0.431 e. The lowest BCUT2D eigenvalue weighted by molar-refractivity contribution is 0.492. The molecular formula is C14H14N2OS. The van der Waals surface area contributed by atoms with E-state index in [9.17, 15) is 0 Å². The molecule has 3 rings (SSSR count). The van der Waals surface area contributed by atoms with Crippen LogP contribution >= 0.6 is 11.8 Å². The van der Waals surface area contributed by atoms with Crippen LogP contribution < -0.4 is 0 Å². The smallest absolute Gasteiger partial charge is 0.256 e. The number of rotatable bonds is 2. The number of hydrogen-bond acceptors (Lipinski definition) is 4. The van der Waals surface area contributed by atoms with Crippen molar-refractivity contribution in [2.45, 2.75) is 26.0 Å². The summed E-state index contributed by atoms with van der Waals surface area (Å²) < 4.78 is 5.85. The molecule has 3 nitrogen and oxygen atoms in total. The highest BCUT2D eigenvalue weighted by atomic mass is 32.2. The first-order valence-electron chi connectivity index (χ1n) is 5.98. The van der Waals surface area contributed by atoms with Crippen molar-refractivity contribution in [2.75, 3.05) is 5.75 Å². The molecule has 0 fully saturated rings. The average Bonchev–Trinajstić information content (AvgIpc) is 2.70. The summed E-state index contributed by atoms with van der Waals surface area (Å²) in [5.74, 6) is 0.955. The van der Waals surface area contributed by atoms with E-state index in [4.69, 9.17) is 4.42 Å². The highest BCUT2D eigenvalue weighted by molar-refractivity contribution is 7.99. The second-order valence-electron chi connectivity index (χ2n) is 4.36. The summed E-state index contributed by atoms with van der Waals surface area (Å²) >= 11 is 1.61. The Labute approximate surface area is 110 Å². The summed E-state index contributed by atoms with van der Waals surface area (Å²) in [5.41, 5.74) is 5.07. The Morgan fingerprint density at radius 3 is 2.83 bits per heavy atom. The number of benzene rings is 1. The van der Waals surface area contributed by atoms with E-state index in [1.54, 1.807) is 18.0 Å². The fraction of sp³-hybridized carbons (Fsp3) is 0.286. The summed E-state index contributed by atoms with van der Waals surface area (Å²) in [5, 5.41) is 1.80. The van der Waals surface area contributed by atoms with Crippen LogP contribution in [0.25, 0.3) is 22.0 Å². The number of fused-ring (bicyclic) bond motifs is 3. The van der Waals surface area contributed by atoms with Gasteiger partial charge in [0.1, 0.15) is 5.52 Å². The van der Waals surface area contributed by atoms with Gasteiger partial charge in [-0.15, -0.1) is 0 Å². The van der Waals surface area contributed by atoms with Gasteiger partial charge < -0.3 is 4.42 Å². The predicted octanol–water partition coefficient (Wildman–Crippen LogP) is 4.10. The van der Waals surface area contributed by atoms with E-state index in [1.807, 2.05) is 0 Å². The van der Waals surface area contributed by atoms with Gasteiger partial charge in [-0.3, -0.25) is 4.98 Å². The number of thioether (sulfide) groups is 1. The van der Waals surface area contributed by atoms with Crippen LogP contribution in [0.1, 0.15) is 18.1 Å². The molecule has 0 atom stereocenters. The third-order valence-electron chi connectivity index (χ3n) is 2.91. The molecule has 1 aromatic carbocycles. The van der Waals surface area contributed by atoms with Crippen LogP contribution in [0.2, 0.25) is 0 Å². The van der Waals surface area contributed by atoms with Crippen LogP contribution in [-0.4, -0.2) is 15.7 Å². The molecule has 2 aromatic heterocycles. The van der Waals surface area contributed by atoms with Crippen molar-refractivity contribution in [1.29, 1.82) is 0 Å². The second kappa shape index (κ2) is 4.28. The molecule has 0 N–H and O–H groups in total. The van der Waals surface area contributed by atoms with E-state index in [2.05, 4.69) is 42.9 Å². The highest BCUT2D eigenvalue weighted by Crippen LogP contribution is 2.30. The van der Waals surface area contributed by atoms with Crippen LogP contribution in [0.3, 0.4) is 0 Å². The first-order valence-corrected chi connectivity index (χ1v) is 6.97. The van der Waals surface area contributed by atoms with Crippen molar-refractivity contribution in [3.8, 4) is 0 Å². The summed E-state index contributed by atoms with van der Waals surface area (Å²) in [4.78, 5) is 8.92. The second-order valence-corrected chi connectivity index (χ2v) is 5.58. The van der Waals surface area contributed by atoms with Gasteiger partial charge in [-0.05, 0) is 36.8 Å². The van der Waals surface area contributed by atoms with Crippen LogP contribution in [-0.2, 0) is 0 Å². The molecule has 0 saturated carbocycles. The SMILES string of the molecule is CCSc1nc2cnc3cc(C)cc(C)c3c2o1. The van der Waals surface area contributed by atoms with Gasteiger partial charge in [-0.1, -0.05) is 24.8 Å². The zero-order valence-corrected chi connectivity index (χ0v) is 11.5. The van der Waals surface area contributed by atoms with Crippen molar-refractivity contribution >= 4 is 33.8 Å². The minimum absolute atomic E-state index is 0.724. The Balaban J connectivity index is 2.37. The molecular weight excluding hydrogens is 244 g/mol. The fourth-order valence-electron chi connectivity index (χ4n) is 2.24. The molecule has 0 aliphatic heterocycles. The topological polar surface area (TPSA) is 38.9 Å². The van der Waals surface area contributed by atoms with E-state index in [0.29, 0.717) is 0 Å². The number of aryl methyl sites for hydroxylation is 2. The number of pyridine rings is 1. The van der Waals surface area contributed by atoms with E-state index >= 15 is 0 Å². The summed E-state index contributed by atoms with van der Waals surface area (Å²) in [6.45, 7) is 6.26. The van der Waals surface area contributed by atoms with E-state index in [-0.39, 0.29) is 0 Å². The highest BCUT2D eigenvalue weighted by Gasteiger charge is 2.12. The molecule has 0 aliphatic rings. The van der Waals surface area contributed by atoms with Gasteiger partial charge >= 0.3 is 0 Å². The van der Waals surface area contributed by atoms with E-state index in [1.165, 1.54) is 11.1 Å². The van der Waals surface area contributed by atoms with Crippen LogP contribution in [0.4, 0.5) is 0 Å². The van der Waals surface area contributed by atoms with Gasteiger partial charge in [0.15, 0.2) is 5.58 Å². The zero-order valence-electron chi connectivity index (χ0n) is 10.7. The number of aromatic nitrogens is 2. The lowest BCUT2D eigenvalue weighted by atomic mass is 10.1.